The Morgan fingerprint density at radius 2 is 0.983 bits per heavy atom. The predicted molar refractivity (Wildman–Crippen MR) is 240 cm³/mol. The standard InChI is InChI=1S/C53H30N4O2/c1-2-13-31(14-3-1)51-54-52(56-53(55-51)39-21-12-24-47-50(39)38-20-9-11-23-45(38)58-47)34-25-26-46-41(28-34)49-37-19-7-6-17-35(37)44(30-48(49)59-46)57-42-22-10-8-18-36(42)40-27-32-15-4-5-16-33(32)29-43(40)57/h1-30H. The summed E-state index contributed by atoms with van der Waals surface area (Å²) in [5, 5.41) is 11.2. The van der Waals surface area contributed by atoms with Crippen molar-refractivity contribution in [2.45, 2.75) is 0 Å². The van der Waals surface area contributed by atoms with E-state index in [0.717, 1.165) is 88.1 Å². The van der Waals surface area contributed by atoms with Gasteiger partial charge in [-0.15, -0.1) is 0 Å². The van der Waals surface area contributed by atoms with Crippen molar-refractivity contribution in [3.63, 3.8) is 0 Å². The van der Waals surface area contributed by atoms with Crippen molar-refractivity contribution >= 4 is 87.2 Å². The Morgan fingerprint density at radius 3 is 1.85 bits per heavy atom. The lowest BCUT2D eigenvalue weighted by Crippen LogP contribution is -2.00. The third-order valence-corrected chi connectivity index (χ3v) is 11.8. The molecule has 0 aliphatic heterocycles. The second-order valence-electron chi connectivity index (χ2n) is 15.1. The molecule has 0 bridgehead atoms. The van der Waals surface area contributed by atoms with E-state index in [1.165, 1.54) is 21.5 Å². The van der Waals surface area contributed by atoms with Crippen LogP contribution >= 0.6 is 0 Å². The molecular weight excluding hydrogens is 725 g/mol. The predicted octanol–water partition coefficient (Wildman–Crippen LogP) is 14.1. The molecule has 0 spiro atoms. The highest BCUT2D eigenvalue weighted by Gasteiger charge is 2.22. The number of para-hydroxylation sites is 2. The first-order valence-corrected chi connectivity index (χ1v) is 19.8. The largest absolute Gasteiger partial charge is 0.456 e. The van der Waals surface area contributed by atoms with E-state index in [1.807, 2.05) is 72.8 Å². The highest BCUT2D eigenvalue weighted by molar-refractivity contribution is 6.23. The maximum Gasteiger partial charge on any atom is 0.164 e. The van der Waals surface area contributed by atoms with E-state index < -0.39 is 0 Å². The lowest BCUT2D eigenvalue weighted by atomic mass is 10.0. The zero-order chi connectivity index (χ0) is 38.6. The molecule has 0 N–H and O–H groups in total. The monoisotopic (exact) mass is 754 g/mol. The average Bonchev–Trinajstić information content (AvgIpc) is 3.97. The first kappa shape index (κ1) is 32.0. The Hall–Kier alpha value is -8.09. The summed E-state index contributed by atoms with van der Waals surface area (Å²) in [6, 6.07) is 63.3. The topological polar surface area (TPSA) is 69.9 Å². The van der Waals surface area contributed by atoms with Crippen LogP contribution in [0.4, 0.5) is 0 Å². The number of benzene rings is 9. The molecule has 0 aliphatic carbocycles. The third-order valence-electron chi connectivity index (χ3n) is 11.8. The summed E-state index contributed by atoms with van der Waals surface area (Å²) in [6.45, 7) is 0. The van der Waals surface area contributed by atoms with Gasteiger partial charge < -0.3 is 13.4 Å². The molecule has 6 nitrogen and oxygen atoms in total. The van der Waals surface area contributed by atoms with E-state index in [1.54, 1.807) is 0 Å². The molecule has 0 fully saturated rings. The first-order valence-electron chi connectivity index (χ1n) is 19.8. The molecule has 6 heteroatoms. The van der Waals surface area contributed by atoms with Crippen molar-refractivity contribution in [3.05, 3.63) is 182 Å². The Morgan fingerprint density at radius 1 is 0.339 bits per heavy atom. The normalized spacial score (nSPS) is 12.1. The van der Waals surface area contributed by atoms with Crippen molar-refractivity contribution in [2.24, 2.45) is 0 Å². The van der Waals surface area contributed by atoms with Gasteiger partial charge in [0.25, 0.3) is 0 Å². The lowest BCUT2D eigenvalue weighted by molar-refractivity contribution is 0.668. The Balaban J connectivity index is 1.05. The van der Waals surface area contributed by atoms with Gasteiger partial charge in [0.2, 0.25) is 0 Å². The number of hydrogen-bond donors (Lipinski definition) is 0. The van der Waals surface area contributed by atoms with Crippen LogP contribution in [0.3, 0.4) is 0 Å². The molecular formula is C53H30N4O2. The maximum atomic E-state index is 6.77. The van der Waals surface area contributed by atoms with Crippen molar-refractivity contribution < 1.29 is 8.83 Å². The van der Waals surface area contributed by atoms with Crippen LogP contribution in [-0.4, -0.2) is 19.5 Å². The molecule has 59 heavy (non-hydrogen) atoms. The molecule has 0 saturated heterocycles. The van der Waals surface area contributed by atoms with E-state index in [0.29, 0.717) is 17.5 Å². The van der Waals surface area contributed by atoms with Gasteiger partial charge in [0, 0.05) is 60.5 Å². The van der Waals surface area contributed by atoms with E-state index >= 15 is 0 Å². The summed E-state index contributed by atoms with van der Waals surface area (Å²) < 4.78 is 15.4. The summed E-state index contributed by atoms with van der Waals surface area (Å²) in [7, 11) is 0. The molecule has 4 aromatic heterocycles. The van der Waals surface area contributed by atoms with Gasteiger partial charge in [-0.2, -0.15) is 0 Å². The van der Waals surface area contributed by atoms with E-state index in [4.69, 9.17) is 23.8 Å². The van der Waals surface area contributed by atoms with Crippen LogP contribution in [0, 0.1) is 0 Å². The van der Waals surface area contributed by atoms with Gasteiger partial charge in [0.05, 0.1) is 16.7 Å². The fraction of sp³-hybridized carbons (Fsp3) is 0. The molecule has 274 valence electrons. The lowest BCUT2D eigenvalue weighted by Gasteiger charge is -2.13. The fourth-order valence-corrected chi connectivity index (χ4v) is 9.16. The quantitative estimate of drug-likeness (QED) is 0.179. The Labute approximate surface area is 336 Å². The van der Waals surface area contributed by atoms with E-state index in [9.17, 15) is 0 Å². The summed E-state index contributed by atoms with van der Waals surface area (Å²) in [4.78, 5) is 15.4. The van der Waals surface area contributed by atoms with Gasteiger partial charge in [-0.3, -0.25) is 0 Å². The van der Waals surface area contributed by atoms with Crippen LogP contribution in [0.5, 0.6) is 0 Å². The van der Waals surface area contributed by atoms with Gasteiger partial charge in [-0.1, -0.05) is 127 Å². The number of furan rings is 2. The molecule has 0 radical (unpaired) electrons. The molecule has 0 unspecified atom stereocenters. The summed E-state index contributed by atoms with van der Waals surface area (Å²) in [6.07, 6.45) is 0. The zero-order valence-corrected chi connectivity index (χ0v) is 31.4. The van der Waals surface area contributed by atoms with Gasteiger partial charge in [0.15, 0.2) is 17.5 Å². The average molecular weight is 755 g/mol. The van der Waals surface area contributed by atoms with Crippen LogP contribution in [-0.2, 0) is 0 Å². The SMILES string of the molecule is c1ccc(-c2nc(-c3ccc4oc5cc(-n6c7ccccc7c7cc8ccccc8cc76)c6ccccc6c5c4c3)nc(-c3cccc4oc5ccccc5c34)n2)cc1. The smallest absolute Gasteiger partial charge is 0.164 e. The molecule has 9 aromatic carbocycles. The second-order valence-corrected chi connectivity index (χ2v) is 15.1. The Bertz CT molecular complexity index is 3860. The van der Waals surface area contributed by atoms with Gasteiger partial charge in [0.1, 0.15) is 22.3 Å². The zero-order valence-electron chi connectivity index (χ0n) is 31.4. The molecule has 4 heterocycles. The van der Waals surface area contributed by atoms with Crippen molar-refractivity contribution in [1.82, 2.24) is 19.5 Å². The Kier molecular flexibility index (Phi) is 6.63. The molecule has 0 aliphatic rings. The molecule has 0 atom stereocenters. The van der Waals surface area contributed by atoms with Crippen molar-refractivity contribution in [1.29, 1.82) is 0 Å². The first-order chi connectivity index (χ1) is 29.2. The number of aromatic nitrogens is 4. The summed E-state index contributed by atoms with van der Waals surface area (Å²) in [5.74, 6) is 1.76. The second kappa shape index (κ2) is 12.2. The minimum Gasteiger partial charge on any atom is -0.456 e. The molecule has 0 amide bonds. The van der Waals surface area contributed by atoms with E-state index in [2.05, 4.69) is 114 Å². The summed E-state index contributed by atoms with van der Waals surface area (Å²) in [5.41, 5.74) is 9.28. The minimum absolute atomic E-state index is 0.577. The van der Waals surface area contributed by atoms with Crippen LogP contribution in [0.2, 0.25) is 0 Å². The highest BCUT2D eigenvalue weighted by Crippen LogP contribution is 2.43. The number of nitrogens with zero attached hydrogens (tertiary/aromatic N) is 4. The maximum absolute atomic E-state index is 6.77. The van der Waals surface area contributed by atoms with E-state index in [-0.39, 0.29) is 0 Å². The van der Waals surface area contributed by atoms with Crippen LogP contribution in [0.25, 0.3) is 127 Å². The van der Waals surface area contributed by atoms with Gasteiger partial charge >= 0.3 is 0 Å². The van der Waals surface area contributed by atoms with Gasteiger partial charge in [-0.05, 0) is 64.7 Å². The van der Waals surface area contributed by atoms with Crippen molar-refractivity contribution in [2.75, 3.05) is 0 Å². The molecule has 13 rings (SSSR count). The molecule has 13 aromatic rings. The van der Waals surface area contributed by atoms with Gasteiger partial charge in [-0.25, -0.2) is 15.0 Å². The number of hydrogen-bond acceptors (Lipinski definition) is 5. The fourth-order valence-electron chi connectivity index (χ4n) is 9.16. The van der Waals surface area contributed by atoms with Crippen LogP contribution in [0.1, 0.15) is 0 Å². The van der Waals surface area contributed by atoms with Crippen molar-refractivity contribution in [3.8, 4) is 39.9 Å². The molecule has 0 saturated carbocycles. The summed E-state index contributed by atoms with van der Waals surface area (Å²) >= 11 is 0. The minimum atomic E-state index is 0.577. The number of fused-ring (bicyclic) bond motifs is 12. The number of rotatable bonds is 4. The highest BCUT2D eigenvalue weighted by atomic mass is 16.3. The third kappa shape index (κ3) is 4.77. The van der Waals surface area contributed by atoms with Crippen LogP contribution < -0.4 is 0 Å². The van der Waals surface area contributed by atoms with Crippen LogP contribution in [0.15, 0.2) is 191 Å².